The largest absolute Gasteiger partial charge is 0.342 e. The molecular weight excluding hydrogens is 727 g/mol. The molecule has 312 valence electrons. The molecule has 7 N–H and O–H groups in total. The van der Waals surface area contributed by atoms with Crippen molar-refractivity contribution in [3.05, 3.63) is 71.8 Å². The summed E-state index contributed by atoms with van der Waals surface area (Å²) in [5.41, 5.74) is 1.47. The Labute approximate surface area is 337 Å². The molecule has 7 amide bonds. The Morgan fingerprint density at radius 1 is 0.333 bits per heavy atom. The van der Waals surface area contributed by atoms with Crippen LogP contribution in [0.2, 0.25) is 0 Å². The molecule has 1 aliphatic heterocycles. The highest BCUT2D eigenvalue weighted by Crippen LogP contribution is 2.14. The molecule has 0 spiro atoms. The van der Waals surface area contributed by atoms with E-state index in [1.807, 2.05) is 36.4 Å². The van der Waals surface area contributed by atoms with Gasteiger partial charge in [-0.15, -0.1) is 0 Å². The van der Waals surface area contributed by atoms with Crippen molar-refractivity contribution >= 4 is 41.4 Å². The van der Waals surface area contributed by atoms with Gasteiger partial charge in [-0.25, -0.2) is 0 Å². The van der Waals surface area contributed by atoms with Crippen LogP contribution in [0, 0.1) is 29.6 Å². The first kappa shape index (κ1) is 46.1. The van der Waals surface area contributed by atoms with Crippen molar-refractivity contribution in [3.63, 3.8) is 0 Å². The summed E-state index contributed by atoms with van der Waals surface area (Å²) in [5.74, 6) is -6.56. The lowest BCUT2D eigenvalue weighted by molar-refractivity contribution is -0.137. The number of hydrogen-bond acceptors (Lipinski definition) is 7. The second kappa shape index (κ2) is 21.3. The Balaban J connectivity index is 2.17. The van der Waals surface area contributed by atoms with Crippen LogP contribution < -0.4 is 37.2 Å². The maximum absolute atomic E-state index is 14.3. The molecule has 7 atom stereocenters. The minimum Gasteiger partial charge on any atom is -0.342 e. The number of carbonyl (C=O) groups is 7. The van der Waals surface area contributed by atoms with Crippen LogP contribution in [0.4, 0.5) is 0 Å². The van der Waals surface area contributed by atoms with Crippen LogP contribution in [0.3, 0.4) is 0 Å². The molecule has 2 aromatic rings. The number of hydrogen-bond donors (Lipinski definition) is 7. The van der Waals surface area contributed by atoms with Gasteiger partial charge in [0, 0.05) is 12.8 Å². The van der Waals surface area contributed by atoms with Crippen LogP contribution in [-0.4, -0.2) is 83.6 Å². The first-order valence-corrected chi connectivity index (χ1v) is 20.0. The summed E-state index contributed by atoms with van der Waals surface area (Å²) in [5, 5.41) is 19.6. The van der Waals surface area contributed by atoms with Gasteiger partial charge in [0.05, 0.1) is 0 Å². The molecule has 0 radical (unpaired) electrons. The Morgan fingerprint density at radius 3 is 0.807 bits per heavy atom. The van der Waals surface area contributed by atoms with Gasteiger partial charge < -0.3 is 37.2 Å². The van der Waals surface area contributed by atoms with Gasteiger partial charge in [-0.2, -0.15) is 0 Å². The predicted octanol–water partition coefficient (Wildman–Crippen LogP) is 2.16. The van der Waals surface area contributed by atoms with Gasteiger partial charge in [0.25, 0.3) is 0 Å². The van der Waals surface area contributed by atoms with E-state index in [0.29, 0.717) is 0 Å². The molecule has 1 saturated heterocycles. The minimum absolute atomic E-state index is 0.0623. The quantitative estimate of drug-likeness (QED) is 0.202. The number of benzene rings is 2. The van der Waals surface area contributed by atoms with Crippen LogP contribution in [0.25, 0.3) is 0 Å². The molecule has 0 bridgehead atoms. The van der Waals surface area contributed by atoms with Gasteiger partial charge in [0.2, 0.25) is 41.4 Å². The Kier molecular flexibility index (Phi) is 17.2. The molecule has 57 heavy (non-hydrogen) atoms. The summed E-state index contributed by atoms with van der Waals surface area (Å²) in [6.45, 7) is 17.5. The molecule has 14 nitrogen and oxygen atoms in total. The van der Waals surface area contributed by atoms with Crippen molar-refractivity contribution in [2.75, 3.05) is 0 Å². The number of nitrogens with one attached hydrogen (secondary N) is 7. The molecule has 2 aromatic carbocycles. The Morgan fingerprint density at radius 2 is 0.544 bits per heavy atom. The Hall–Kier alpha value is -5.27. The molecule has 1 heterocycles. The van der Waals surface area contributed by atoms with Crippen molar-refractivity contribution < 1.29 is 33.6 Å². The highest BCUT2D eigenvalue weighted by molar-refractivity contribution is 5.99. The molecule has 1 aliphatic rings. The average molecular weight is 790 g/mol. The summed E-state index contributed by atoms with van der Waals surface area (Å²) in [6, 6.07) is 10.3. The third-order valence-electron chi connectivity index (χ3n) is 10.1. The van der Waals surface area contributed by atoms with Gasteiger partial charge in [-0.05, 0) is 40.7 Å². The third kappa shape index (κ3) is 13.4. The summed E-state index contributed by atoms with van der Waals surface area (Å²) in [6.07, 6.45) is 0.125. The van der Waals surface area contributed by atoms with E-state index < -0.39 is 113 Å². The molecule has 1 fully saturated rings. The SMILES string of the molecule is CC(C)[C@@H]1NC(=O)[C@@H](C(C)C)NC(=O)[C@@H](Cc2ccccc2)NC(=O)[C@H](Cc2ccccc2)NC(=O)[C@@H](C(C)C)NC(=O)[C@@H](C(C)C)NC(=O)[C@@H](C(C)C)NC1=O. The van der Waals surface area contributed by atoms with Gasteiger partial charge in [-0.1, -0.05) is 130 Å². The van der Waals surface area contributed by atoms with E-state index in [1.54, 1.807) is 93.5 Å². The van der Waals surface area contributed by atoms with Crippen molar-refractivity contribution in [1.82, 2.24) is 37.2 Å². The van der Waals surface area contributed by atoms with Crippen molar-refractivity contribution in [1.29, 1.82) is 0 Å². The van der Waals surface area contributed by atoms with E-state index >= 15 is 0 Å². The molecular formula is C43H63N7O7. The van der Waals surface area contributed by atoms with Crippen LogP contribution >= 0.6 is 0 Å². The zero-order chi connectivity index (χ0) is 42.6. The molecule has 0 aromatic heterocycles. The molecule has 0 aliphatic carbocycles. The number of amides is 7. The normalized spacial score (nSPS) is 25.2. The predicted molar refractivity (Wildman–Crippen MR) is 218 cm³/mol. The maximum Gasteiger partial charge on any atom is 0.243 e. The smallest absolute Gasteiger partial charge is 0.243 e. The van der Waals surface area contributed by atoms with Gasteiger partial charge >= 0.3 is 0 Å². The zero-order valence-corrected chi connectivity index (χ0v) is 35.0. The standard InChI is InChI=1S/C43H63N7O7/c1-23(2)32-39(53)45-30(21-28-17-13-11-14-18-28)37(51)44-31(22-29-19-15-12-16-20-29)38(52)46-33(24(3)4)40(54)48-35(26(7)8)42(56)50-36(27(9)10)43(57)49-34(25(5)6)41(55)47-32/h11-20,23-27,30-36H,21-22H2,1-10H3,(H,44,51)(H,45,53)(H,46,52)(H,47,55)(H,48,54)(H,49,57)(H,50,56)/t30-,31+,32+,33+,34+,35-,36+/m0/s1. The Bertz CT molecular complexity index is 1650. The van der Waals surface area contributed by atoms with Crippen molar-refractivity contribution in [2.24, 2.45) is 29.6 Å². The van der Waals surface area contributed by atoms with E-state index in [2.05, 4.69) is 37.2 Å². The van der Waals surface area contributed by atoms with Gasteiger partial charge in [-0.3, -0.25) is 33.6 Å². The highest BCUT2D eigenvalue weighted by Gasteiger charge is 2.38. The van der Waals surface area contributed by atoms with Gasteiger partial charge in [0.1, 0.15) is 42.3 Å². The van der Waals surface area contributed by atoms with Crippen molar-refractivity contribution in [2.45, 2.75) is 124 Å². The maximum atomic E-state index is 14.3. The van der Waals surface area contributed by atoms with Crippen LogP contribution in [-0.2, 0) is 46.4 Å². The number of carbonyl (C=O) groups excluding carboxylic acids is 7. The van der Waals surface area contributed by atoms with E-state index in [9.17, 15) is 33.6 Å². The molecule has 0 unspecified atom stereocenters. The van der Waals surface area contributed by atoms with Crippen LogP contribution in [0.5, 0.6) is 0 Å². The fourth-order valence-electron chi connectivity index (χ4n) is 6.55. The van der Waals surface area contributed by atoms with Gasteiger partial charge in [0.15, 0.2) is 0 Å². The van der Waals surface area contributed by atoms with Crippen LogP contribution in [0.1, 0.15) is 80.4 Å². The third-order valence-corrected chi connectivity index (χ3v) is 10.1. The second-order valence-electron chi connectivity index (χ2n) is 16.7. The van der Waals surface area contributed by atoms with E-state index in [-0.39, 0.29) is 12.8 Å². The summed E-state index contributed by atoms with van der Waals surface area (Å²) in [7, 11) is 0. The monoisotopic (exact) mass is 789 g/mol. The lowest BCUT2D eigenvalue weighted by atomic mass is 9.96. The summed E-state index contributed by atoms with van der Waals surface area (Å²) in [4.78, 5) is 98.1. The first-order chi connectivity index (χ1) is 26.8. The van der Waals surface area contributed by atoms with E-state index in [1.165, 1.54) is 0 Å². The van der Waals surface area contributed by atoms with Crippen LogP contribution in [0.15, 0.2) is 60.7 Å². The van der Waals surface area contributed by atoms with Crippen molar-refractivity contribution in [3.8, 4) is 0 Å². The zero-order valence-electron chi connectivity index (χ0n) is 35.0. The fraction of sp³-hybridized carbons (Fsp3) is 0.558. The lowest BCUT2D eigenvalue weighted by Gasteiger charge is -2.31. The minimum atomic E-state index is -1.18. The fourth-order valence-corrected chi connectivity index (χ4v) is 6.55. The average Bonchev–Trinajstić information content (AvgIpc) is 3.14. The summed E-state index contributed by atoms with van der Waals surface area (Å²) >= 11 is 0. The second-order valence-corrected chi connectivity index (χ2v) is 16.7. The number of rotatable bonds is 9. The lowest BCUT2D eigenvalue weighted by Crippen LogP contribution is -2.62. The highest BCUT2D eigenvalue weighted by atomic mass is 16.2. The topological polar surface area (TPSA) is 204 Å². The van der Waals surface area contributed by atoms with E-state index in [0.717, 1.165) is 11.1 Å². The molecule has 14 heteroatoms. The molecule has 0 saturated carbocycles. The first-order valence-electron chi connectivity index (χ1n) is 20.0. The van der Waals surface area contributed by atoms with E-state index in [4.69, 9.17) is 0 Å². The summed E-state index contributed by atoms with van der Waals surface area (Å²) < 4.78 is 0. The molecule has 3 rings (SSSR count).